The Kier molecular flexibility index (Phi) is 2.75. The fourth-order valence-corrected chi connectivity index (χ4v) is 0.955. The molecule has 1 aromatic carbocycles. The third kappa shape index (κ3) is 1.78. The van der Waals surface area contributed by atoms with Crippen molar-refractivity contribution in [3.05, 3.63) is 48.3 Å². The van der Waals surface area contributed by atoms with E-state index in [-0.39, 0.29) is 11.7 Å². The first-order chi connectivity index (χ1) is 5.77. The molecule has 0 aliphatic carbocycles. The largest absolute Gasteiger partial charge is 0.302 e. The van der Waals surface area contributed by atoms with Gasteiger partial charge in [-0.25, -0.2) is 4.39 Å². The molecule has 0 N–H and O–H groups in total. The van der Waals surface area contributed by atoms with Crippen LogP contribution in [0.4, 0.5) is 4.39 Å². The summed E-state index contributed by atoms with van der Waals surface area (Å²) in [6.45, 7) is 3.51. The minimum absolute atomic E-state index is 0.299. The predicted octanol–water partition coefficient (Wildman–Crippen LogP) is 2.29. The van der Waals surface area contributed by atoms with Gasteiger partial charge in [0.05, 0.1) is 5.92 Å². The lowest BCUT2D eigenvalue weighted by molar-refractivity contribution is -0.108. The zero-order valence-electron chi connectivity index (χ0n) is 6.53. The van der Waals surface area contributed by atoms with Crippen molar-refractivity contribution in [2.75, 3.05) is 0 Å². The molecule has 0 aliphatic rings. The van der Waals surface area contributed by atoms with Crippen molar-refractivity contribution in [3.63, 3.8) is 0 Å². The zero-order chi connectivity index (χ0) is 8.97. The Balaban J connectivity index is 2.94. The molecule has 0 radical (unpaired) electrons. The molecular weight excluding hydrogens is 155 g/mol. The number of hydrogen-bond donors (Lipinski definition) is 0. The summed E-state index contributed by atoms with van der Waals surface area (Å²) in [5.74, 6) is -0.627. The van der Waals surface area contributed by atoms with Crippen molar-refractivity contribution < 1.29 is 9.18 Å². The van der Waals surface area contributed by atoms with Crippen molar-refractivity contribution in [2.24, 2.45) is 0 Å². The summed E-state index contributed by atoms with van der Waals surface area (Å²) in [6.07, 6.45) is 2.31. The van der Waals surface area contributed by atoms with Gasteiger partial charge >= 0.3 is 0 Å². The summed E-state index contributed by atoms with van der Waals surface area (Å²) in [4.78, 5) is 10.5. The maximum atomic E-state index is 12.4. The van der Waals surface area contributed by atoms with Gasteiger partial charge in [-0.2, -0.15) is 0 Å². The first-order valence-corrected chi connectivity index (χ1v) is 3.61. The number of benzene rings is 1. The second kappa shape index (κ2) is 3.81. The Morgan fingerprint density at radius 3 is 2.33 bits per heavy atom. The van der Waals surface area contributed by atoms with E-state index in [1.54, 1.807) is 12.1 Å². The van der Waals surface area contributed by atoms with Crippen LogP contribution in [0.25, 0.3) is 0 Å². The van der Waals surface area contributed by atoms with Crippen LogP contribution in [0, 0.1) is 5.82 Å². The van der Waals surface area contributed by atoms with Crippen LogP contribution in [0.2, 0.25) is 0 Å². The van der Waals surface area contributed by atoms with Gasteiger partial charge in [0.25, 0.3) is 0 Å². The van der Waals surface area contributed by atoms with Crippen LogP contribution < -0.4 is 0 Å². The molecular formula is C10H9FO. The highest BCUT2D eigenvalue weighted by molar-refractivity contribution is 5.64. The molecule has 2 heteroatoms. The van der Waals surface area contributed by atoms with E-state index in [1.807, 2.05) is 0 Å². The molecule has 0 fully saturated rings. The molecule has 62 valence electrons. The maximum Gasteiger partial charge on any atom is 0.131 e. The smallest absolute Gasteiger partial charge is 0.131 e. The van der Waals surface area contributed by atoms with Crippen molar-refractivity contribution in [1.82, 2.24) is 0 Å². The van der Waals surface area contributed by atoms with Gasteiger partial charge in [0.2, 0.25) is 0 Å². The van der Waals surface area contributed by atoms with Crippen LogP contribution >= 0.6 is 0 Å². The lowest BCUT2D eigenvalue weighted by Gasteiger charge is -2.03. The lowest BCUT2D eigenvalue weighted by Crippen LogP contribution is -1.95. The number of carbonyl (C=O) groups excluding carboxylic acids is 1. The third-order valence-electron chi connectivity index (χ3n) is 1.66. The summed E-state index contributed by atoms with van der Waals surface area (Å²) < 4.78 is 12.4. The van der Waals surface area contributed by atoms with E-state index in [1.165, 1.54) is 18.2 Å². The molecule has 0 bridgehead atoms. The number of allylic oxidation sites excluding steroid dienone is 1. The van der Waals surface area contributed by atoms with Gasteiger partial charge in [0.1, 0.15) is 12.1 Å². The number of halogens is 1. The number of rotatable bonds is 3. The fourth-order valence-electron chi connectivity index (χ4n) is 0.955. The summed E-state index contributed by atoms with van der Waals surface area (Å²) >= 11 is 0. The van der Waals surface area contributed by atoms with Gasteiger partial charge in [-0.05, 0) is 17.7 Å². The Morgan fingerprint density at radius 1 is 1.33 bits per heavy atom. The van der Waals surface area contributed by atoms with Gasteiger partial charge in [0.15, 0.2) is 0 Å². The second-order valence-electron chi connectivity index (χ2n) is 2.45. The van der Waals surface area contributed by atoms with Crippen molar-refractivity contribution >= 4 is 6.29 Å². The normalized spacial score (nSPS) is 12.1. The molecule has 1 unspecified atom stereocenters. The monoisotopic (exact) mass is 164 g/mol. The molecule has 1 rings (SSSR count). The molecule has 12 heavy (non-hydrogen) atoms. The topological polar surface area (TPSA) is 17.1 Å². The molecule has 0 aromatic heterocycles. The minimum Gasteiger partial charge on any atom is -0.302 e. The third-order valence-corrected chi connectivity index (χ3v) is 1.66. The first kappa shape index (κ1) is 8.65. The molecule has 1 nitrogen and oxygen atoms in total. The predicted molar refractivity (Wildman–Crippen MR) is 45.4 cm³/mol. The Bertz CT molecular complexity index is 268. The van der Waals surface area contributed by atoms with E-state index in [4.69, 9.17) is 0 Å². The van der Waals surface area contributed by atoms with Crippen LogP contribution in [0.5, 0.6) is 0 Å². The van der Waals surface area contributed by atoms with Gasteiger partial charge in [0, 0.05) is 0 Å². The SMILES string of the molecule is C=CC(C=O)c1ccc(F)cc1. The number of aldehydes is 1. The van der Waals surface area contributed by atoms with Gasteiger partial charge in [-0.15, -0.1) is 6.58 Å². The minimum atomic E-state index is -0.328. The van der Waals surface area contributed by atoms with E-state index in [0.29, 0.717) is 0 Å². The van der Waals surface area contributed by atoms with Crippen LogP contribution in [0.1, 0.15) is 11.5 Å². The first-order valence-electron chi connectivity index (χ1n) is 3.61. The molecule has 1 atom stereocenters. The molecule has 0 aliphatic heterocycles. The van der Waals surface area contributed by atoms with Crippen LogP contribution in [0.3, 0.4) is 0 Å². The average Bonchev–Trinajstić information content (AvgIpc) is 2.10. The van der Waals surface area contributed by atoms with Crippen molar-refractivity contribution in [1.29, 1.82) is 0 Å². The lowest BCUT2D eigenvalue weighted by atomic mass is 10.0. The van der Waals surface area contributed by atoms with Crippen molar-refractivity contribution in [2.45, 2.75) is 5.92 Å². The number of carbonyl (C=O) groups is 1. The average molecular weight is 164 g/mol. The summed E-state index contributed by atoms with van der Waals surface area (Å²) in [5.41, 5.74) is 0.765. The summed E-state index contributed by atoms with van der Waals surface area (Å²) in [7, 11) is 0. The van der Waals surface area contributed by atoms with E-state index >= 15 is 0 Å². The van der Waals surface area contributed by atoms with Gasteiger partial charge in [-0.3, -0.25) is 0 Å². The van der Waals surface area contributed by atoms with E-state index in [9.17, 15) is 9.18 Å². The highest BCUT2D eigenvalue weighted by Gasteiger charge is 2.04. The van der Waals surface area contributed by atoms with Crippen LogP contribution in [0.15, 0.2) is 36.9 Å². The Morgan fingerprint density at radius 2 is 1.92 bits per heavy atom. The van der Waals surface area contributed by atoms with Crippen molar-refractivity contribution in [3.8, 4) is 0 Å². The molecule has 1 aromatic rings. The fraction of sp³-hybridized carbons (Fsp3) is 0.100. The standard InChI is InChI=1S/C10H9FO/c1-2-8(7-12)9-3-5-10(11)6-4-9/h2-8H,1H2. The van der Waals surface area contributed by atoms with E-state index in [0.717, 1.165) is 11.8 Å². The van der Waals surface area contributed by atoms with Crippen LogP contribution in [-0.2, 0) is 4.79 Å². The number of hydrogen-bond acceptors (Lipinski definition) is 1. The molecule has 0 saturated heterocycles. The zero-order valence-corrected chi connectivity index (χ0v) is 6.53. The Labute approximate surface area is 70.5 Å². The highest BCUT2D eigenvalue weighted by Crippen LogP contribution is 2.14. The van der Waals surface area contributed by atoms with E-state index < -0.39 is 0 Å². The van der Waals surface area contributed by atoms with Gasteiger partial charge < -0.3 is 4.79 Å². The quantitative estimate of drug-likeness (QED) is 0.495. The van der Waals surface area contributed by atoms with Gasteiger partial charge in [-0.1, -0.05) is 18.2 Å². The second-order valence-corrected chi connectivity index (χ2v) is 2.45. The molecule has 0 saturated carbocycles. The molecule has 0 heterocycles. The summed E-state index contributed by atoms with van der Waals surface area (Å²) in [6, 6.07) is 5.82. The highest BCUT2D eigenvalue weighted by atomic mass is 19.1. The molecule has 0 amide bonds. The molecule has 0 spiro atoms. The van der Waals surface area contributed by atoms with Crippen LogP contribution in [-0.4, -0.2) is 6.29 Å². The Hall–Kier alpha value is -1.44. The van der Waals surface area contributed by atoms with E-state index in [2.05, 4.69) is 6.58 Å². The maximum absolute atomic E-state index is 12.4. The summed E-state index contributed by atoms with van der Waals surface area (Å²) in [5, 5.41) is 0.